The molecule has 2 atom stereocenters. The third-order valence-electron chi connectivity index (χ3n) is 4.07. The molecule has 0 aromatic carbocycles. The third kappa shape index (κ3) is 4.95. The lowest BCUT2D eigenvalue weighted by Crippen LogP contribution is -2.56. The van der Waals surface area contributed by atoms with Gasteiger partial charge in [-0.3, -0.25) is 9.59 Å². The summed E-state index contributed by atoms with van der Waals surface area (Å²) in [5.41, 5.74) is -2.96. The normalized spacial score (nSPS) is 19.9. The molecule has 2 unspecified atom stereocenters. The van der Waals surface area contributed by atoms with Gasteiger partial charge >= 0.3 is 29.0 Å². The van der Waals surface area contributed by atoms with Gasteiger partial charge < -0.3 is 18.9 Å². The summed E-state index contributed by atoms with van der Waals surface area (Å²) in [5.74, 6) is -1.65. The molecule has 3 heterocycles. The summed E-state index contributed by atoms with van der Waals surface area (Å²) in [5, 5.41) is 0. The van der Waals surface area contributed by atoms with Crippen LogP contribution < -0.4 is 17.1 Å². The van der Waals surface area contributed by atoms with E-state index in [2.05, 4.69) is 0 Å². The SMILES string of the molecule is CCCn1c(=O)n(CC(=O)OCC2CO2)c(=O)n(CC(=O)OCC2CO2)c1=O. The second-order valence-electron chi connectivity index (χ2n) is 6.45. The van der Waals surface area contributed by atoms with Gasteiger partial charge in [-0.05, 0) is 6.42 Å². The average Bonchev–Trinajstić information content (AvgIpc) is 3.56. The predicted octanol–water partition coefficient (Wildman–Crippen LogP) is -2.53. The number of ether oxygens (including phenoxy) is 4. The largest absolute Gasteiger partial charge is 0.461 e. The smallest absolute Gasteiger partial charge is 0.337 e. The highest BCUT2D eigenvalue weighted by molar-refractivity contribution is 5.69. The fourth-order valence-electron chi connectivity index (χ4n) is 2.42. The predicted molar refractivity (Wildman–Crippen MR) is 90.9 cm³/mol. The molecule has 12 nitrogen and oxygen atoms in total. The molecule has 2 saturated heterocycles. The Morgan fingerprint density at radius 3 is 1.61 bits per heavy atom. The summed E-state index contributed by atoms with van der Waals surface area (Å²) in [6.07, 6.45) is 0.0912. The lowest BCUT2D eigenvalue weighted by molar-refractivity contribution is -0.145. The van der Waals surface area contributed by atoms with E-state index in [0.29, 0.717) is 28.8 Å². The number of carbonyl (C=O) groups excluding carboxylic acids is 2. The van der Waals surface area contributed by atoms with Crippen molar-refractivity contribution < 1.29 is 28.5 Å². The fraction of sp³-hybridized carbons (Fsp3) is 0.688. The van der Waals surface area contributed by atoms with E-state index >= 15 is 0 Å². The van der Waals surface area contributed by atoms with Crippen LogP contribution in [0.1, 0.15) is 13.3 Å². The van der Waals surface area contributed by atoms with E-state index in [-0.39, 0.29) is 32.0 Å². The number of nitrogens with zero attached hydrogens (tertiary/aromatic N) is 3. The lowest BCUT2D eigenvalue weighted by Gasteiger charge is -2.13. The van der Waals surface area contributed by atoms with Crippen LogP contribution in [0.25, 0.3) is 0 Å². The molecule has 0 saturated carbocycles. The number of esters is 2. The zero-order chi connectivity index (χ0) is 20.3. The first kappa shape index (κ1) is 20.0. The highest BCUT2D eigenvalue weighted by Gasteiger charge is 2.26. The Bertz CT molecular complexity index is 853. The maximum atomic E-state index is 12.6. The average molecular weight is 399 g/mol. The van der Waals surface area contributed by atoms with Gasteiger partial charge in [-0.15, -0.1) is 0 Å². The van der Waals surface area contributed by atoms with E-state index in [0.717, 1.165) is 4.57 Å². The van der Waals surface area contributed by atoms with Crippen LogP contribution in [0.2, 0.25) is 0 Å². The molecule has 1 aromatic heterocycles. The molecule has 2 aliphatic heterocycles. The molecule has 2 fully saturated rings. The fourth-order valence-corrected chi connectivity index (χ4v) is 2.42. The monoisotopic (exact) mass is 399 g/mol. The zero-order valence-corrected chi connectivity index (χ0v) is 15.3. The van der Waals surface area contributed by atoms with Crippen LogP contribution in [0.4, 0.5) is 0 Å². The second kappa shape index (κ2) is 8.52. The first-order valence-electron chi connectivity index (χ1n) is 8.89. The molecule has 3 rings (SSSR count). The van der Waals surface area contributed by atoms with E-state index in [1.54, 1.807) is 6.92 Å². The molecule has 0 N–H and O–H groups in total. The number of epoxide rings is 2. The zero-order valence-electron chi connectivity index (χ0n) is 15.3. The highest BCUT2D eigenvalue weighted by atomic mass is 16.6. The Kier molecular flexibility index (Phi) is 6.09. The second-order valence-corrected chi connectivity index (χ2v) is 6.45. The number of hydrogen-bond acceptors (Lipinski definition) is 9. The van der Waals surface area contributed by atoms with Crippen LogP contribution in [-0.4, -0.2) is 64.3 Å². The van der Waals surface area contributed by atoms with Gasteiger partial charge in [0.1, 0.15) is 38.5 Å². The molecule has 12 heteroatoms. The van der Waals surface area contributed by atoms with E-state index in [1.165, 1.54) is 0 Å². The summed E-state index contributed by atoms with van der Waals surface area (Å²) >= 11 is 0. The van der Waals surface area contributed by atoms with Crippen LogP contribution >= 0.6 is 0 Å². The topological polar surface area (TPSA) is 144 Å². The molecule has 1 aromatic rings. The van der Waals surface area contributed by atoms with Gasteiger partial charge in [0, 0.05) is 6.54 Å². The molecule has 28 heavy (non-hydrogen) atoms. The van der Waals surface area contributed by atoms with Crippen molar-refractivity contribution in [3.05, 3.63) is 31.5 Å². The molecule has 2 aliphatic rings. The van der Waals surface area contributed by atoms with Gasteiger partial charge in [0.15, 0.2) is 0 Å². The van der Waals surface area contributed by atoms with Crippen molar-refractivity contribution in [2.24, 2.45) is 0 Å². The van der Waals surface area contributed by atoms with Gasteiger partial charge in [-0.25, -0.2) is 28.1 Å². The van der Waals surface area contributed by atoms with E-state index in [4.69, 9.17) is 18.9 Å². The van der Waals surface area contributed by atoms with Gasteiger partial charge in [0.25, 0.3) is 0 Å². The highest BCUT2D eigenvalue weighted by Crippen LogP contribution is 2.09. The van der Waals surface area contributed by atoms with Crippen molar-refractivity contribution in [1.29, 1.82) is 0 Å². The minimum atomic E-state index is -1.08. The summed E-state index contributed by atoms with van der Waals surface area (Å²) in [4.78, 5) is 61.5. The van der Waals surface area contributed by atoms with Gasteiger partial charge in [-0.2, -0.15) is 0 Å². The van der Waals surface area contributed by atoms with E-state index in [9.17, 15) is 24.0 Å². The molecular weight excluding hydrogens is 378 g/mol. The van der Waals surface area contributed by atoms with Gasteiger partial charge in [0.2, 0.25) is 0 Å². The minimum absolute atomic E-state index is 0.0198. The van der Waals surface area contributed by atoms with Crippen LogP contribution in [0.15, 0.2) is 14.4 Å². The number of aromatic nitrogens is 3. The quantitative estimate of drug-likeness (QED) is 0.307. The lowest BCUT2D eigenvalue weighted by atomic mass is 10.5. The molecule has 154 valence electrons. The molecular formula is C16H21N3O9. The summed E-state index contributed by atoms with van der Waals surface area (Å²) in [6.45, 7) is 1.40. The van der Waals surface area contributed by atoms with Crippen LogP contribution in [0.3, 0.4) is 0 Å². The Morgan fingerprint density at radius 2 is 1.25 bits per heavy atom. The van der Waals surface area contributed by atoms with E-state index < -0.39 is 42.1 Å². The van der Waals surface area contributed by atoms with Crippen molar-refractivity contribution in [1.82, 2.24) is 13.7 Å². The number of hydrogen-bond donors (Lipinski definition) is 0. The summed E-state index contributed by atoms with van der Waals surface area (Å²) in [6, 6.07) is 0. The number of carbonyl (C=O) groups is 2. The van der Waals surface area contributed by atoms with Crippen molar-refractivity contribution in [3.8, 4) is 0 Å². The third-order valence-corrected chi connectivity index (χ3v) is 4.07. The Morgan fingerprint density at radius 1 is 0.857 bits per heavy atom. The van der Waals surface area contributed by atoms with Crippen LogP contribution in [-0.2, 0) is 48.2 Å². The van der Waals surface area contributed by atoms with Crippen molar-refractivity contribution in [2.45, 2.75) is 45.2 Å². The molecule has 0 radical (unpaired) electrons. The standard InChI is InChI=1S/C16H21N3O9/c1-2-3-17-14(22)18(4-12(20)27-8-10-6-25-10)16(24)19(15(17)23)5-13(21)28-9-11-7-26-11/h10-11H,2-9H2,1H3. The van der Waals surface area contributed by atoms with Gasteiger partial charge in [0.05, 0.1) is 13.2 Å². The minimum Gasteiger partial charge on any atom is -0.461 e. The maximum absolute atomic E-state index is 12.6. The Hall–Kier alpha value is -2.73. The molecule has 0 amide bonds. The first-order valence-corrected chi connectivity index (χ1v) is 8.89. The Labute approximate surface area is 158 Å². The molecule has 0 spiro atoms. The van der Waals surface area contributed by atoms with Gasteiger partial charge in [-0.1, -0.05) is 6.92 Å². The van der Waals surface area contributed by atoms with Crippen LogP contribution in [0, 0.1) is 0 Å². The number of rotatable bonds is 10. The maximum Gasteiger partial charge on any atom is 0.337 e. The van der Waals surface area contributed by atoms with E-state index in [1.807, 2.05) is 0 Å². The molecule has 0 aliphatic carbocycles. The summed E-state index contributed by atoms with van der Waals surface area (Å²) in [7, 11) is 0. The van der Waals surface area contributed by atoms with Crippen molar-refractivity contribution >= 4 is 11.9 Å². The first-order chi connectivity index (χ1) is 13.4. The summed E-state index contributed by atoms with van der Waals surface area (Å²) < 4.78 is 21.7. The Balaban J connectivity index is 1.83. The van der Waals surface area contributed by atoms with Crippen LogP contribution in [0.5, 0.6) is 0 Å². The van der Waals surface area contributed by atoms with Crippen molar-refractivity contribution in [3.63, 3.8) is 0 Å². The molecule has 0 bridgehead atoms. The van der Waals surface area contributed by atoms with Crippen molar-refractivity contribution in [2.75, 3.05) is 26.4 Å².